The van der Waals surface area contributed by atoms with E-state index in [1.165, 1.54) is 23.9 Å². The number of benzene rings is 3. The van der Waals surface area contributed by atoms with Crippen LogP contribution in [0.3, 0.4) is 0 Å². The number of hydrogen-bond acceptors (Lipinski definition) is 7. The lowest BCUT2D eigenvalue weighted by molar-refractivity contribution is -0.387. The molecule has 0 spiro atoms. The Morgan fingerprint density at radius 3 is 2.43 bits per heavy atom. The molecule has 192 valence electrons. The minimum Gasteiger partial charge on any atom is -0.494 e. The first-order valence-electron chi connectivity index (χ1n) is 11.8. The van der Waals surface area contributed by atoms with Crippen molar-refractivity contribution in [1.82, 2.24) is 0 Å². The Morgan fingerprint density at radius 2 is 1.73 bits per heavy atom. The molecule has 11 heteroatoms. The van der Waals surface area contributed by atoms with Crippen molar-refractivity contribution in [2.45, 2.75) is 40.8 Å². The number of nitrogens with zero attached hydrogens (tertiary/aromatic N) is 2. The lowest BCUT2D eigenvalue weighted by Gasteiger charge is -2.38. The van der Waals surface area contributed by atoms with Crippen LogP contribution < -0.4 is 10.1 Å². The second-order valence-corrected chi connectivity index (χ2v) is 11.2. The van der Waals surface area contributed by atoms with Gasteiger partial charge in [0.15, 0.2) is 0 Å². The van der Waals surface area contributed by atoms with Crippen molar-refractivity contribution >= 4 is 52.0 Å². The number of fused-ring (bicyclic) bond motifs is 3. The lowest BCUT2D eigenvalue weighted by atomic mass is 9.77. The Labute approximate surface area is 227 Å². The molecular formula is C26H23Cl2N3O5S. The van der Waals surface area contributed by atoms with Gasteiger partial charge in [0.2, 0.25) is 0 Å². The van der Waals surface area contributed by atoms with Crippen LogP contribution in [0.5, 0.6) is 5.75 Å². The number of alkyl halides is 1. The van der Waals surface area contributed by atoms with Gasteiger partial charge in [0.05, 0.1) is 38.8 Å². The zero-order valence-corrected chi connectivity index (χ0v) is 22.0. The van der Waals surface area contributed by atoms with Gasteiger partial charge < -0.3 is 10.1 Å². The molecule has 0 aromatic heterocycles. The maximum Gasteiger partial charge on any atom is 0.296 e. The summed E-state index contributed by atoms with van der Waals surface area (Å²) in [6.45, 7) is 2.18. The van der Waals surface area contributed by atoms with Gasteiger partial charge in [0, 0.05) is 22.3 Å². The van der Waals surface area contributed by atoms with E-state index in [1.54, 1.807) is 24.3 Å². The van der Waals surface area contributed by atoms with Crippen LogP contribution in [0.15, 0.2) is 65.6 Å². The number of nitro groups is 2. The van der Waals surface area contributed by atoms with Gasteiger partial charge in [-0.25, -0.2) is 0 Å². The van der Waals surface area contributed by atoms with Gasteiger partial charge >= 0.3 is 0 Å². The molecule has 3 aromatic rings. The van der Waals surface area contributed by atoms with E-state index in [1.807, 2.05) is 31.2 Å². The highest BCUT2D eigenvalue weighted by Gasteiger charge is 2.52. The van der Waals surface area contributed by atoms with Crippen molar-refractivity contribution in [2.24, 2.45) is 5.92 Å². The second-order valence-electron chi connectivity index (χ2n) is 8.99. The fraction of sp³-hybridized carbons (Fsp3) is 0.308. The number of thioether (sulfide) groups is 1. The zero-order valence-electron chi connectivity index (χ0n) is 19.7. The summed E-state index contributed by atoms with van der Waals surface area (Å²) in [5.41, 5.74) is 1.89. The minimum atomic E-state index is -0.447. The number of para-hydroxylation sites is 1. The van der Waals surface area contributed by atoms with Crippen molar-refractivity contribution < 1.29 is 14.6 Å². The van der Waals surface area contributed by atoms with Crippen molar-refractivity contribution in [3.8, 4) is 5.75 Å². The third-order valence-corrected chi connectivity index (χ3v) is 9.42. The van der Waals surface area contributed by atoms with Gasteiger partial charge in [-0.05, 0) is 48.6 Å². The molecule has 5 rings (SSSR count). The Bertz CT molecular complexity index is 1370. The van der Waals surface area contributed by atoms with Crippen molar-refractivity contribution in [2.75, 3.05) is 11.9 Å². The monoisotopic (exact) mass is 559 g/mol. The Kier molecular flexibility index (Phi) is 7.20. The number of ether oxygens (including phenoxy) is 1. The van der Waals surface area contributed by atoms with E-state index in [2.05, 4.69) is 5.32 Å². The predicted molar refractivity (Wildman–Crippen MR) is 145 cm³/mol. The van der Waals surface area contributed by atoms with Gasteiger partial charge in [-0.15, -0.1) is 23.4 Å². The summed E-state index contributed by atoms with van der Waals surface area (Å²) in [6, 6.07) is 17.0. The fourth-order valence-electron chi connectivity index (χ4n) is 5.48. The molecule has 1 aliphatic carbocycles. The second kappa shape index (κ2) is 10.4. The average Bonchev–Trinajstić information content (AvgIpc) is 3.20. The van der Waals surface area contributed by atoms with Crippen LogP contribution >= 0.6 is 35.0 Å². The molecule has 1 N–H and O–H groups in total. The highest BCUT2D eigenvalue weighted by Crippen LogP contribution is 2.60. The average molecular weight is 560 g/mol. The Hall–Kier alpha value is -3.01. The largest absolute Gasteiger partial charge is 0.494 e. The number of hydrogen-bond donors (Lipinski definition) is 1. The molecule has 2 aliphatic rings. The van der Waals surface area contributed by atoms with Crippen molar-refractivity contribution in [3.63, 3.8) is 0 Å². The molecule has 1 saturated carbocycles. The standard InChI is InChI=1S/C26H23Cl2N3O5S/c1-2-36-14-11-16-23-17(13-22(24(23)28)37-21-10-6-5-9-19(21)30(32)33)25(15-7-3-4-8-18(15)27)29-26(16)20(12-14)31(34)35/h3-12,17,22-25,29H,2,13H2,1H3/t17-,22+,23-,24-,25-/m1/s1. The predicted octanol–water partition coefficient (Wildman–Crippen LogP) is 7.59. The summed E-state index contributed by atoms with van der Waals surface area (Å²) < 4.78 is 5.67. The first-order valence-corrected chi connectivity index (χ1v) is 13.5. The molecule has 0 radical (unpaired) electrons. The van der Waals surface area contributed by atoms with Crippen molar-refractivity contribution in [1.29, 1.82) is 0 Å². The molecule has 0 amide bonds. The molecule has 1 heterocycles. The first-order chi connectivity index (χ1) is 17.8. The minimum absolute atomic E-state index is 0.0293. The smallest absolute Gasteiger partial charge is 0.296 e. The van der Waals surface area contributed by atoms with Gasteiger partial charge in [-0.3, -0.25) is 20.2 Å². The van der Waals surface area contributed by atoms with Crippen LogP contribution in [0.25, 0.3) is 0 Å². The van der Waals surface area contributed by atoms with Gasteiger partial charge in [-0.1, -0.05) is 41.9 Å². The maximum atomic E-state index is 12.1. The highest BCUT2D eigenvalue weighted by atomic mass is 35.5. The molecule has 1 fully saturated rings. The molecular weight excluding hydrogens is 537 g/mol. The summed E-state index contributed by atoms with van der Waals surface area (Å²) in [5.74, 6) is 0.0774. The topological polar surface area (TPSA) is 108 Å². The zero-order chi connectivity index (χ0) is 26.3. The van der Waals surface area contributed by atoms with E-state index in [0.717, 1.165) is 11.1 Å². The number of anilines is 1. The summed E-state index contributed by atoms with van der Waals surface area (Å²) >= 11 is 15.1. The SMILES string of the molecule is CCOc1cc2c(c([N+](=O)[O-])c1)N[C@H](c1ccccc1Cl)[C@@H]1C[C@H](Sc3ccccc3[N+](=O)[O-])[C@@H](Cl)[C@H]21. The summed E-state index contributed by atoms with van der Waals surface area (Å²) in [6.07, 6.45) is 0.630. The number of rotatable bonds is 7. The van der Waals surface area contributed by atoms with E-state index >= 15 is 0 Å². The van der Waals surface area contributed by atoms with Crippen LogP contribution in [0.1, 0.15) is 36.4 Å². The van der Waals surface area contributed by atoms with Crippen LogP contribution in [0.2, 0.25) is 5.02 Å². The van der Waals surface area contributed by atoms with Crippen LogP contribution in [0, 0.1) is 26.1 Å². The molecule has 37 heavy (non-hydrogen) atoms. The number of nitro benzene ring substituents is 2. The van der Waals surface area contributed by atoms with Gasteiger partial charge in [-0.2, -0.15) is 0 Å². The highest BCUT2D eigenvalue weighted by molar-refractivity contribution is 8.00. The Balaban J connectivity index is 1.63. The van der Waals surface area contributed by atoms with Crippen LogP contribution in [-0.4, -0.2) is 27.1 Å². The van der Waals surface area contributed by atoms with E-state index in [9.17, 15) is 20.2 Å². The van der Waals surface area contributed by atoms with E-state index in [-0.39, 0.29) is 34.5 Å². The Morgan fingerprint density at radius 1 is 1.03 bits per heavy atom. The third-order valence-electron chi connectivity index (χ3n) is 6.96. The third kappa shape index (κ3) is 4.71. The molecule has 8 nitrogen and oxygen atoms in total. The van der Waals surface area contributed by atoms with E-state index < -0.39 is 15.2 Å². The van der Waals surface area contributed by atoms with Gasteiger partial charge in [0.25, 0.3) is 11.4 Å². The molecule has 1 aliphatic heterocycles. The molecule has 0 bridgehead atoms. The quantitative estimate of drug-likeness (QED) is 0.180. The molecule has 3 aromatic carbocycles. The van der Waals surface area contributed by atoms with Gasteiger partial charge in [0.1, 0.15) is 11.4 Å². The number of halogens is 2. The number of nitrogens with one attached hydrogen (secondary N) is 1. The first kappa shape index (κ1) is 25.6. The van der Waals surface area contributed by atoms with E-state index in [0.29, 0.717) is 34.4 Å². The normalized spacial score (nSPS) is 24.0. The maximum absolute atomic E-state index is 12.1. The summed E-state index contributed by atoms with van der Waals surface area (Å²) in [7, 11) is 0. The molecule has 0 saturated heterocycles. The summed E-state index contributed by atoms with van der Waals surface area (Å²) in [4.78, 5) is 23.5. The van der Waals surface area contributed by atoms with Crippen LogP contribution in [0.4, 0.5) is 17.1 Å². The van der Waals surface area contributed by atoms with Crippen LogP contribution in [-0.2, 0) is 0 Å². The molecule has 5 atom stereocenters. The fourth-order valence-corrected chi connectivity index (χ4v) is 7.67. The lowest BCUT2D eigenvalue weighted by Crippen LogP contribution is -2.31. The van der Waals surface area contributed by atoms with Crippen molar-refractivity contribution in [3.05, 3.63) is 97.0 Å². The van der Waals surface area contributed by atoms with E-state index in [4.69, 9.17) is 27.9 Å². The molecule has 0 unspecified atom stereocenters. The summed E-state index contributed by atoms with van der Waals surface area (Å²) in [5, 5.41) is 27.1.